The number of thiazole rings is 2. The number of halogens is 1. The van der Waals surface area contributed by atoms with E-state index in [0.717, 1.165) is 34.0 Å². The van der Waals surface area contributed by atoms with E-state index < -0.39 is 0 Å². The molecule has 2 aromatic rings. The van der Waals surface area contributed by atoms with Crippen molar-refractivity contribution in [1.29, 1.82) is 0 Å². The molecule has 2 aromatic heterocycles. The Morgan fingerprint density at radius 1 is 1.17 bits per heavy atom. The van der Waals surface area contributed by atoms with Crippen LogP contribution in [0.3, 0.4) is 0 Å². The smallest absolute Gasteiger partial charge is 0.194 e. The zero-order chi connectivity index (χ0) is 16.1. The zero-order valence-corrected chi connectivity index (χ0v) is 18.0. The van der Waals surface area contributed by atoms with E-state index in [1.54, 1.807) is 29.7 Å². The second-order valence-corrected chi connectivity index (χ2v) is 7.03. The Morgan fingerprint density at radius 2 is 1.87 bits per heavy atom. The number of aromatic nitrogens is 2. The monoisotopic (exact) mass is 466 g/mol. The van der Waals surface area contributed by atoms with E-state index in [1.165, 1.54) is 0 Å². The van der Waals surface area contributed by atoms with Crippen molar-refractivity contribution in [3.05, 3.63) is 27.2 Å². The summed E-state index contributed by atoms with van der Waals surface area (Å²) in [5, 5.41) is 9.60. The maximum absolute atomic E-state index is 4.56. The van der Waals surface area contributed by atoms with Crippen LogP contribution < -0.4 is 10.2 Å². The van der Waals surface area contributed by atoms with Crippen LogP contribution in [0.2, 0.25) is 0 Å². The fourth-order valence-electron chi connectivity index (χ4n) is 1.94. The maximum Gasteiger partial charge on any atom is 0.194 e. The van der Waals surface area contributed by atoms with Crippen LogP contribution in [0.5, 0.6) is 0 Å². The molecule has 0 spiro atoms. The number of anilines is 1. The zero-order valence-electron chi connectivity index (χ0n) is 14.0. The van der Waals surface area contributed by atoms with Gasteiger partial charge in [0.2, 0.25) is 0 Å². The van der Waals surface area contributed by atoms with E-state index in [-0.39, 0.29) is 24.0 Å². The van der Waals surface area contributed by atoms with Crippen molar-refractivity contribution in [3.8, 4) is 0 Å². The molecule has 9 heteroatoms. The minimum atomic E-state index is 0. The van der Waals surface area contributed by atoms with Gasteiger partial charge in [0.25, 0.3) is 0 Å². The summed E-state index contributed by atoms with van der Waals surface area (Å²) < 4.78 is 0. The van der Waals surface area contributed by atoms with E-state index in [2.05, 4.69) is 35.9 Å². The van der Waals surface area contributed by atoms with Crippen molar-refractivity contribution in [3.63, 3.8) is 0 Å². The first-order chi connectivity index (χ1) is 10.5. The van der Waals surface area contributed by atoms with Gasteiger partial charge in [-0.25, -0.2) is 9.97 Å². The molecule has 23 heavy (non-hydrogen) atoms. The number of nitrogens with zero attached hydrogens (tertiary/aromatic N) is 5. The third kappa shape index (κ3) is 5.88. The molecule has 1 N–H and O–H groups in total. The summed E-state index contributed by atoms with van der Waals surface area (Å²) in [5.41, 5.74) is 2.09. The summed E-state index contributed by atoms with van der Waals surface area (Å²) >= 11 is 3.31. The highest BCUT2D eigenvalue weighted by atomic mass is 127. The minimum absolute atomic E-state index is 0. The molecular weight excluding hydrogens is 443 g/mol. The Hall–Kier alpha value is -0.940. The number of hydrogen-bond donors (Lipinski definition) is 1. The maximum atomic E-state index is 4.56. The lowest BCUT2D eigenvalue weighted by Crippen LogP contribution is -2.38. The fraction of sp³-hybridized carbons (Fsp3) is 0.500. The van der Waals surface area contributed by atoms with Crippen LogP contribution in [0, 0.1) is 6.92 Å². The molecule has 0 amide bonds. The molecule has 0 fully saturated rings. The van der Waals surface area contributed by atoms with E-state index in [4.69, 9.17) is 0 Å². The van der Waals surface area contributed by atoms with Gasteiger partial charge in [-0.05, 0) is 6.92 Å². The predicted molar refractivity (Wildman–Crippen MR) is 110 cm³/mol. The Morgan fingerprint density at radius 3 is 2.39 bits per heavy atom. The highest BCUT2D eigenvalue weighted by Gasteiger charge is 2.10. The fourth-order valence-corrected chi connectivity index (χ4v) is 3.30. The first kappa shape index (κ1) is 20.1. The Balaban J connectivity index is 0.00000264. The standard InChI is InChI=1S/C14H22N6S2.HI/c1-10-17-12(9-21-10)7-20(5)13(15-2)16-6-11-8-22-14(18-11)19(3)4;/h8-9H,6-7H2,1-5H3,(H,15,16);1H. The molecule has 0 bridgehead atoms. The average molecular weight is 466 g/mol. The average Bonchev–Trinajstić information content (AvgIpc) is 3.09. The lowest BCUT2D eigenvalue weighted by atomic mass is 10.4. The Bertz CT molecular complexity index is 637. The molecule has 6 nitrogen and oxygen atoms in total. The first-order valence-electron chi connectivity index (χ1n) is 6.94. The van der Waals surface area contributed by atoms with Gasteiger partial charge in [0.05, 0.1) is 29.5 Å². The second kappa shape index (κ2) is 9.38. The van der Waals surface area contributed by atoms with E-state index in [0.29, 0.717) is 6.54 Å². The van der Waals surface area contributed by atoms with Gasteiger partial charge in [-0.2, -0.15) is 0 Å². The van der Waals surface area contributed by atoms with Crippen molar-refractivity contribution in [2.45, 2.75) is 20.0 Å². The van der Waals surface area contributed by atoms with Crippen LogP contribution in [0.15, 0.2) is 15.8 Å². The van der Waals surface area contributed by atoms with Gasteiger partial charge in [0.15, 0.2) is 11.1 Å². The van der Waals surface area contributed by atoms with Crippen molar-refractivity contribution < 1.29 is 0 Å². The number of hydrogen-bond acceptors (Lipinski definition) is 6. The number of rotatable bonds is 5. The quantitative estimate of drug-likeness (QED) is 0.417. The number of guanidine groups is 1. The lowest BCUT2D eigenvalue weighted by Gasteiger charge is -2.20. The van der Waals surface area contributed by atoms with Gasteiger partial charge < -0.3 is 15.1 Å². The van der Waals surface area contributed by atoms with Crippen LogP contribution in [-0.2, 0) is 13.1 Å². The summed E-state index contributed by atoms with van der Waals surface area (Å²) in [6.07, 6.45) is 0. The third-order valence-electron chi connectivity index (χ3n) is 2.99. The third-order valence-corrected chi connectivity index (χ3v) is 4.87. The van der Waals surface area contributed by atoms with Gasteiger partial charge in [-0.1, -0.05) is 0 Å². The molecule has 0 aliphatic carbocycles. The molecule has 0 aliphatic rings. The number of aliphatic imine (C=N–C) groups is 1. The van der Waals surface area contributed by atoms with Crippen LogP contribution >= 0.6 is 46.7 Å². The summed E-state index contributed by atoms with van der Waals surface area (Å²) in [5.74, 6) is 0.838. The van der Waals surface area contributed by atoms with Gasteiger partial charge in [-0.15, -0.1) is 46.7 Å². The van der Waals surface area contributed by atoms with E-state index in [9.17, 15) is 0 Å². The topological polar surface area (TPSA) is 56.7 Å². The second-order valence-electron chi connectivity index (χ2n) is 5.13. The van der Waals surface area contributed by atoms with Gasteiger partial charge in [-0.3, -0.25) is 4.99 Å². The van der Waals surface area contributed by atoms with Crippen LogP contribution in [0.25, 0.3) is 0 Å². The highest BCUT2D eigenvalue weighted by Crippen LogP contribution is 2.17. The molecule has 0 radical (unpaired) electrons. The molecular formula is C14H23IN6S2. The summed E-state index contributed by atoms with van der Waals surface area (Å²) in [7, 11) is 7.80. The summed E-state index contributed by atoms with van der Waals surface area (Å²) in [4.78, 5) is 17.4. The lowest BCUT2D eigenvalue weighted by molar-refractivity contribution is 0.470. The SMILES string of the molecule is CN=C(NCc1csc(N(C)C)n1)N(C)Cc1csc(C)n1.I. The van der Waals surface area contributed by atoms with E-state index in [1.807, 2.05) is 33.0 Å². The number of nitrogens with one attached hydrogen (secondary N) is 1. The number of aryl methyl sites for hydroxylation is 1. The molecule has 0 unspecified atom stereocenters. The summed E-state index contributed by atoms with van der Waals surface area (Å²) in [6, 6.07) is 0. The van der Waals surface area contributed by atoms with E-state index >= 15 is 0 Å². The van der Waals surface area contributed by atoms with Crippen LogP contribution in [0.1, 0.15) is 16.4 Å². The summed E-state index contributed by atoms with van der Waals surface area (Å²) in [6.45, 7) is 3.42. The molecule has 0 saturated carbocycles. The van der Waals surface area contributed by atoms with Crippen molar-refractivity contribution in [1.82, 2.24) is 20.2 Å². The molecule has 0 atom stereocenters. The Labute approximate surface area is 162 Å². The molecule has 0 aromatic carbocycles. The molecule has 128 valence electrons. The predicted octanol–water partition coefficient (Wildman–Crippen LogP) is 2.80. The largest absolute Gasteiger partial charge is 0.354 e. The molecule has 2 heterocycles. The highest BCUT2D eigenvalue weighted by molar-refractivity contribution is 14.0. The van der Waals surface area contributed by atoms with Crippen molar-refractivity contribution >= 4 is 57.7 Å². The normalized spacial score (nSPS) is 11.1. The first-order valence-corrected chi connectivity index (χ1v) is 8.70. The molecule has 0 saturated heterocycles. The van der Waals surface area contributed by atoms with Crippen LogP contribution in [0.4, 0.5) is 5.13 Å². The molecule has 2 rings (SSSR count). The minimum Gasteiger partial charge on any atom is -0.354 e. The van der Waals surface area contributed by atoms with Gasteiger partial charge in [0, 0.05) is 39.0 Å². The molecule has 0 aliphatic heterocycles. The van der Waals surface area contributed by atoms with Gasteiger partial charge >= 0.3 is 0 Å². The van der Waals surface area contributed by atoms with Gasteiger partial charge in [0.1, 0.15) is 0 Å². The van der Waals surface area contributed by atoms with Crippen molar-refractivity contribution in [2.75, 3.05) is 33.1 Å². The van der Waals surface area contributed by atoms with Crippen molar-refractivity contribution in [2.24, 2.45) is 4.99 Å². The Kier molecular flexibility index (Phi) is 8.20. The van der Waals surface area contributed by atoms with Crippen LogP contribution in [-0.4, -0.2) is 49.0 Å².